The van der Waals surface area contributed by atoms with E-state index in [1.54, 1.807) is 0 Å². The maximum Gasteiger partial charge on any atom is 0.240 e. The molecule has 2 aliphatic rings. The molecule has 0 aliphatic carbocycles. The second-order valence-corrected chi connectivity index (χ2v) is 5.93. The third kappa shape index (κ3) is 4.02. The standard InChI is InChI=1S/C15H25N3O3/c1-2-3-4-13-16-14(21-17-13)11-18-7-5-12(6-8-18)15-19-9-10-20-15/h12,15H,2-11H2,1H3. The minimum Gasteiger partial charge on any atom is -0.350 e. The molecule has 1 aromatic rings. The Morgan fingerprint density at radius 1 is 1.19 bits per heavy atom. The van der Waals surface area contributed by atoms with Gasteiger partial charge in [-0.25, -0.2) is 0 Å². The van der Waals surface area contributed by atoms with E-state index in [9.17, 15) is 0 Å². The lowest BCUT2D eigenvalue weighted by molar-refractivity contribution is -0.0981. The highest BCUT2D eigenvalue weighted by Crippen LogP contribution is 2.26. The first kappa shape index (κ1) is 14.9. The average molecular weight is 295 g/mol. The van der Waals surface area contributed by atoms with Gasteiger partial charge in [-0.2, -0.15) is 4.98 Å². The van der Waals surface area contributed by atoms with Crippen molar-refractivity contribution >= 4 is 0 Å². The van der Waals surface area contributed by atoms with Crippen molar-refractivity contribution in [3.05, 3.63) is 11.7 Å². The summed E-state index contributed by atoms with van der Waals surface area (Å²) in [5, 5.41) is 4.04. The fourth-order valence-corrected chi connectivity index (χ4v) is 3.01. The molecule has 0 atom stereocenters. The largest absolute Gasteiger partial charge is 0.350 e. The second kappa shape index (κ2) is 7.33. The number of nitrogens with zero attached hydrogens (tertiary/aromatic N) is 3. The zero-order chi connectivity index (χ0) is 14.5. The number of aromatic nitrogens is 2. The number of hydrogen-bond acceptors (Lipinski definition) is 6. The zero-order valence-corrected chi connectivity index (χ0v) is 12.8. The van der Waals surface area contributed by atoms with Crippen LogP contribution in [0.5, 0.6) is 0 Å². The van der Waals surface area contributed by atoms with Gasteiger partial charge in [0.05, 0.1) is 19.8 Å². The highest BCUT2D eigenvalue weighted by atomic mass is 16.7. The Morgan fingerprint density at radius 3 is 2.67 bits per heavy atom. The molecule has 2 fully saturated rings. The molecule has 2 saturated heterocycles. The van der Waals surface area contributed by atoms with Crippen LogP contribution in [0.2, 0.25) is 0 Å². The van der Waals surface area contributed by atoms with Crippen molar-refractivity contribution < 1.29 is 14.0 Å². The number of unbranched alkanes of at least 4 members (excludes halogenated alkanes) is 1. The van der Waals surface area contributed by atoms with Crippen LogP contribution in [0, 0.1) is 5.92 Å². The molecule has 2 aliphatic heterocycles. The van der Waals surface area contributed by atoms with Crippen LogP contribution in [-0.2, 0) is 22.4 Å². The van der Waals surface area contributed by atoms with Crippen LogP contribution in [0.3, 0.4) is 0 Å². The van der Waals surface area contributed by atoms with Crippen LogP contribution >= 0.6 is 0 Å². The quantitative estimate of drug-likeness (QED) is 0.800. The van der Waals surface area contributed by atoms with Crippen molar-refractivity contribution in [1.29, 1.82) is 0 Å². The second-order valence-electron chi connectivity index (χ2n) is 5.93. The van der Waals surface area contributed by atoms with Gasteiger partial charge in [-0.3, -0.25) is 4.90 Å². The predicted molar refractivity (Wildman–Crippen MR) is 76.6 cm³/mol. The van der Waals surface area contributed by atoms with Gasteiger partial charge in [0.15, 0.2) is 12.1 Å². The molecule has 0 bridgehead atoms. The van der Waals surface area contributed by atoms with E-state index in [-0.39, 0.29) is 6.29 Å². The zero-order valence-electron chi connectivity index (χ0n) is 12.8. The molecule has 0 amide bonds. The van der Waals surface area contributed by atoms with Crippen molar-refractivity contribution in [2.75, 3.05) is 26.3 Å². The molecule has 6 heteroatoms. The van der Waals surface area contributed by atoms with Gasteiger partial charge >= 0.3 is 0 Å². The summed E-state index contributed by atoms with van der Waals surface area (Å²) in [6, 6.07) is 0. The van der Waals surface area contributed by atoms with E-state index in [2.05, 4.69) is 22.0 Å². The molecule has 3 rings (SSSR count). The van der Waals surface area contributed by atoms with Gasteiger partial charge in [-0.1, -0.05) is 18.5 Å². The van der Waals surface area contributed by atoms with Crippen LogP contribution in [0.25, 0.3) is 0 Å². The van der Waals surface area contributed by atoms with E-state index in [4.69, 9.17) is 14.0 Å². The topological polar surface area (TPSA) is 60.6 Å². The highest BCUT2D eigenvalue weighted by Gasteiger charge is 2.30. The summed E-state index contributed by atoms with van der Waals surface area (Å²) in [6.07, 6.45) is 5.44. The molecule has 0 spiro atoms. The molecule has 0 radical (unpaired) electrons. The van der Waals surface area contributed by atoms with Gasteiger partial charge < -0.3 is 14.0 Å². The molecule has 0 saturated carbocycles. The number of likely N-dealkylation sites (tertiary alicyclic amines) is 1. The van der Waals surface area contributed by atoms with Gasteiger partial charge in [0, 0.05) is 12.3 Å². The third-order valence-electron chi connectivity index (χ3n) is 4.29. The lowest BCUT2D eigenvalue weighted by atomic mass is 9.96. The van der Waals surface area contributed by atoms with E-state index < -0.39 is 0 Å². The summed E-state index contributed by atoms with van der Waals surface area (Å²) >= 11 is 0. The summed E-state index contributed by atoms with van der Waals surface area (Å²) in [5.41, 5.74) is 0. The number of piperidine rings is 1. The molecule has 0 aromatic carbocycles. The first-order chi connectivity index (χ1) is 10.3. The van der Waals surface area contributed by atoms with E-state index >= 15 is 0 Å². The Bertz CT molecular complexity index is 424. The molecule has 0 unspecified atom stereocenters. The molecule has 3 heterocycles. The summed E-state index contributed by atoms with van der Waals surface area (Å²) in [4.78, 5) is 6.85. The number of rotatable bonds is 6. The number of aryl methyl sites for hydroxylation is 1. The Morgan fingerprint density at radius 2 is 1.95 bits per heavy atom. The molecule has 6 nitrogen and oxygen atoms in total. The maximum atomic E-state index is 5.61. The van der Waals surface area contributed by atoms with Crippen LogP contribution < -0.4 is 0 Å². The summed E-state index contributed by atoms with van der Waals surface area (Å²) < 4.78 is 16.5. The van der Waals surface area contributed by atoms with Crippen LogP contribution in [0.1, 0.15) is 44.3 Å². The summed E-state index contributed by atoms with van der Waals surface area (Å²) in [7, 11) is 0. The monoisotopic (exact) mass is 295 g/mol. The maximum absolute atomic E-state index is 5.61. The molecule has 1 aromatic heterocycles. The van der Waals surface area contributed by atoms with E-state index in [1.807, 2.05) is 0 Å². The Balaban J connectivity index is 1.43. The molecular weight excluding hydrogens is 270 g/mol. The summed E-state index contributed by atoms with van der Waals surface area (Å²) in [6.45, 7) is 6.50. The Hall–Kier alpha value is -0.980. The van der Waals surface area contributed by atoms with Crippen LogP contribution in [-0.4, -0.2) is 47.6 Å². The van der Waals surface area contributed by atoms with Crippen molar-refractivity contribution in [2.24, 2.45) is 5.92 Å². The van der Waals surface area contributed by atoms with Gasteiger partial charge in [0.1, 0.15) is 0 Å². The van der Waals surface area contributed by atoms with Crippen molar-refractivity contribution in [2.45, 2.75) is 51.9 Å². The minimum absolute atomic E-state index is 0.0243. The average Bonchev–Trinajstić information content (AvgIpc) is 3.17. The van der Waals surface area contributed by atoms with Crippen LogP contribution in [0.4, 0.5) is 0 Å². The lowest BCUT2D eigenvalue weighted by Gasteiger charge is -2.32. The number of hydrogen-bond donors (Lipinski definition) is 0. The molecule has 0 N–H and O–H groups in total. The fourth-order valence-electron chi connectivity index (χ4n) is 3.01. The van der Waals surface area contributed by atoms with E-state index in [0.717, 1.165) is 76.7 Å². The first-order valence-electron chi connectivity index (χ1n) is 8.12. The van der Waals surface area contributed by atoms with Gasteiger partial charge in [-0.05, 0) is 32.4 Å². The Kier molecular flexibility index (Phi) is 5.22. The lowest BCUT2D eigenvalue weighted by Crippen LogP contribution is -2.37. The first-order valence-corrected chi connectivity index (χ1v) is 8.12. The Labute approximate surface area is 125 Å². The molecule has 118 valence electrons. The smallest absolute Gasteiger partial charge is 0.240 e. The number of ether oxygens (including phenoxy) is 2. The van der Waals surface area contributed by atoms with Crippen LogP contribution in [0.15, 0.2) is 4.52 Å². The highest BCUT2D eigenvalue weighted by molar-refractivity contribution is 4.87. The van der Waals surface area contributed by atoms with Gasteiger partial charge in [0.2, 0.25) is 5.89 Å². The van der Waals surface area contributed by atoms with E-state index in [0.29, 0.717) is 5.92 Å². The van der Waals surface area contributed by atoms with Gasteiger partial charge in [0.25, 0.3) is 0 Å². The predicted octanol–water partition coefficient (Wildman–Crippen LogP) is 2.00. The molecule has 21 heavy (non-hydrogen) atoms. The van der Waals surface area contributed by atoms with Gasteiger partial charge in [-0.15, -0.1) is 0 Å². The summed E-state index contributed by atoms with van der Waals surface area (Å²) in [5.74, 6) is 2.12. The fraction of sp³-hybridized carbons (Fsp3) is 0.867. The molecular formula is C15H25N3O3. The normalized spacial score (nSPS) is 22.1. The van der Waals surface area contributed by atoms with Crippen molar-refractivity contribution in [3.8, 4) is 0 Å². The SMILES string of the molecule is CCCCc1noc(CN2CCC(C3OCCO3)CC2)n1. The third-order valence-corrected chi connectivity index (χ3v) is 4.29. The van der Waals surface area contributed by atoms with Crippen molar-refractivity contribution in [3.63, 3.8) is 0 Å². The minimum atomic E-state index is 0.0243. The van der Waals surface area contributed by atoms with E-state index in [1.165, 1.54) is 0 Å². The van der Waals surface area contributed by atoms with Crippen molar-refractivity contribution in [1.82, 2.24) is 15.0 Å².